The van der Waals surface area contributed by atoms with Crippen LogP contribution in [-0.4, -0.2) is 36.3 Å². The number of halogens is 1. The molecule has 0 atom stereocenters. The molecule has 23 heavy (non-hydrogen) atoms. The van der Waals surface area contributed by atoms with Crippen molar-refractivity contribution in [2.75, 3.05) is 0 Å². The third-order valence-corrected chi connectivity index (χ3v) is 3.10. The molecule has 0 aliphatic rings. The van der Waals surface area contributed by atoms with Gasteiger partial charge in [-0.2, -0.15) is 10.2 Å². The van der Waals surface area contributed by atoms with Crippen molar-refractivity contribution < 1.29 is 14.5 Å². The van der Waals surface area contributed by atoms with E-state index in [4.69, 9.17) is 11.6 Å². The molecule has 122 valence electrons. The fraction of sp³-hybridized carbons (Fsp3) is 0.273. The van der Waals surface area contributed by atoms with E-state index in [0.29, 0.717) is 0 Å². The van der Waals surface area contributed by atoms with E-state index >= 15 is 0 Å². The predicted molar refractivity (Wildman–Crippen MR) is 77.3 cm³/mol. The third kappa shape index (κ3) is 4.03. The standard InChI is InChI=1S/C11H12ClN7O4/c1-17-10(8(12)5-13-17)11(21)16-15-9(20)2-3-18-6-7(4-14-18)19(22)23/h4-6H,2-3H2,1H3,(H,15,20)(H,16,21). The van der Waals surface area contributed by atoms with Crippen LogP contribution in [0.3, 0.4) is 0 Å². The monoisotopic (exact) mass is 341 g/mol. The smallest absolute Gasteiger partial charge is 0.273 e. The fourth-order valence-electron chi connectivity index (χ4n) is 1.70. The molecule has 0 saturated carbocycles. The van der Waals surface area contributed by atoms with Gasteiger partial charge < -0.3 is 0 Å². The van der Waals surface area contributed by atoms with E-state index < -0.39 is 16.7 Å². The summed E-state index contributed by atoms with van der Waals surface area (Å²) in [5.74, 6) is -1.10. The number of nitrogens with one attached hydrogen (secondary N) is 2. The molecule has 2 aromatic heterocycles. The lowest BCUT2D eigenvalue weighted by Gasteiger charge is -2.07. The Kier molecular flexibility index (Phi) is 4.91. The first-order chi connectivity index (χ1) is 10.9. The summed E-state index contributed by atoms with van der Waals surface area (Å²) < 4.78 is 2.53. The number of hydrazine groups is 1. The summed E-state index contributed by atoms with van der Waals surface area (Å²) in [6.07, 6.45) is 3.58. The van der Waals surface area contributed by atoms with Gasteiger partial charge in [0.25, 0.3) is 5.91 Å². The molecule has 0 saturated heterocycles. The van der Waals surface area contributed by atoms with Crippen LogP contribution in [0.2, 0.25) is 5.02 Å². The van der Waals surface area contributed by atoms with Gasteiger partial charge in [-0.15, -0.1) is 0 Å². The molecule has 2 rings (SSSR count). The normalized spacial score (nSPS) is 10.3. The number of aryl methyl sites for hydroxylation is 2. The van der Waals surface area contributed by atoms with Crippen LogP contribution in [-0.2, 0) is 18.4 Å². The molecule has 0 radical (unpaired) electrons. The Morgan fingerprint density at radius 2 is 2.09 bits per heavy atom. The van der Waals surface area contributed by atoms with Crippen LogP contribution >= 0.6 is 11.6 Å². The Morgan fingerprint density at radius 1 is 1.35 bits per heavy atom. The van der Waals surface area contributed by atoms with Crippen molar-refractivity contribution >= 4 is 29.1 Å². The maximum Gasteiger partial charge on any atom is 0.306 e. The van der Waals surface area contributed by atoms with E-state index in [1.165, 1.54) is 28.8 Å². The Hall–Kier alpha value is -2.95. The molecule has 12 heteroatoms. The van der Waals surface area contributed by atoms with Crippen molar-refractivity contribution in [3.05, 3.63) is 39.4 Å². The molecular weight excluding hydrogens is 330 g/mol. The Labute approximate surface area is 134 Å². The van der Waals surface area contributed by atoms with E-state index in [9.17, 15) is 19.7 Å². The Balaban J connectivity index is 1.81. The van der Waals surface area contributed by atoms with E-state index in [0.717, 1.165) is 6.20 Å². The zero-order valence-electron chi connectivity index (χ0n) is 11.9. The van der Waals surface area contributed by atoms with Gasteiger partial charge in [-0.1, -0.05) is 11.6 Å². The average Bonchev–Trinajstić information content (AvgIpc) is 3.10. The molecule has 0 aromatic carbocycles. The fourth-order valence-corrected chi connectivity index (χ4v) is 1.95. The van der Waals surface area contributed by atoms with Crippen molar-refractivity contribution in [3.8, 4) is 0 Å². The largest absolute Gasteiger partial charge is 0.306 e. The molecule has 0 aliphatic heterocycles. The topological polar surface area (TPSA) is 137 Å². The summed E-state index contributed by atoms with van der Waals surface area (Å²) in [4.78, 5) is 33.4. The Morgan fingerprint density at radius 3 is 2.65 bits per heavy atom. The number of nitro groups is 1. The molecule has 0 bridgehead atoms. The molecule has 0 fully saturated rings. The Bertz CT molecular complexity index is 734. The first-order valence-electron chi connectivity index (χ1n) is 6.32. The molecule has 2 amide bonds. The van der Waals surface area contributed by atoms with Gasteiger partial charge in [0.05, 0.1) is 22.7 Å². The minimum atomic E-state index is -0.613. The van der Waals surface area contributed by atoms with E-state index in [2.05, 4.69) is 21.0 Å². The average molecular weight is 342 g/mol. The highest BCUT2D eigenvalue weighted by atomic mass is 35.5. The number of rotatable bonds is 5. The highest BCUT2D eigenvalue weighted by molar-refractivity contribution is 6.33. The number of nitrogens with zero attached hydrogens (tertiary/aromatic N) is 5. The van der Waals surface area contributed by atoms with Crippen molar-refractivity contribution in [2.24, 2.45) is 7.05 Å². The zero-order chi connectivity index (χ0) is 17.0. The SMILES string of the molecule is Cn1ncc(Cl)c1C(=O)NNC(=O)CCn1cc([N+](=O)[O-])cn1. The minimum absolute atomic E-state index is 0.0295. The number of carbonyl (C=O) groups is 2. The van der Waals surface area contributed by atoms with Crippen LogP contribution < -0.4 is 10.9 Å². The summed E-state index contributed by atoms with van der Waals surface area (Å²) in [7, 11) is 1.53. The number of hydrogen-bond donors (Lipinski definition) is 2. The van der Waals surface area contributed by atoms with Gasteiger partial charge in [-0.25, -0.2) is 0 Å². The summed E-state index contributed by atoms with van der Waals surface area (Å²) in [6.45, 7) is 0.127. The van der Waals surface area contributed by atoms with Crippen LogP contribution in [0.5, 0.6) is 0 Å². The highest BCUT2D eigenvalue weighted by Gasteiger charge is 2.16. The quantitative estimate of drug-likeness (QED) is 0.581. The summed E-state index contributed by atoms with van der Waals surface area (Å²) >= 11 is 5.80. The van der Waals surface area contributed by atoms with Crippen LogP contribution in [0.15, 0.2) is 18.6 Å². The number of aromatic nitrogens is 4. The van der Waals surface area contributed by atoms with Gasteiger partial charge in [-0.3, -0.25) is 39.9 Å². The van der Waals surface area contributed by atoms with Crippen molar-refractivity contribution in [2.45, 2.75) is 13.0 Å². The van der Waals surface area contributed by atoms with Crippen molar-refractivity contribution in [3.63, 3.8) is 0 Å². The lowest BCUT2D eigenvalue weighted by atomic mass is 10.4. The molecule has 2 heterocycles. The minimum Gasteiger partial charge on any atom is -0.273 e. The second-order valence-corrected chi connectivity index (χ2v) is 4.84. The molecule has 11 nitrogen and oxygen atoms in total. The number of hydrogen-bond acceptors (Lipinski definition) is 6. The van der Waals surface area contributed by atoms with Gasteiger partial charge in [0, 0.05) is 13.5 Å². The molecule has 2 N–H and O–H groups in total. The second kappa shape index (κ2) is 6.87. The van der Waals surface area contributed by atoms with Gasteiger partial charge >= 0.3 is 5.69 Å². The van der Waals surface area contributed by atoms with Gasteiger partial charge in [0.1, 0.15) is 18.1 Å². The lowest BCUT2D eigenvalue weighted by Crippen LogP contribution is -2.42. The molecule has 0 aliphatic carbocycles. The number of amides is 2. The highest BCUT2D eigenvalue weighted by Crippen LogP contribution is 2.13. The second-order valence-electron chi connectivity index (χ2n) is 4.44. The maximum atomic E-state index is 11.8. The maximum absolute atomic E-state index is 11.8. The predicted octanol–water partition coefficient (Wildman–Crippen LogP) is 0.0295. The number of carbonyl (C=O) groups excluding carboxylic acids is 2. The van der Waals surface area contributed by atoms with Crippen LogP contribution in [0.1, 0.15) is 16.9 Å². The van der Waals surface area contributed by atoms with Crippen molar-refractivity contribution in [1.29, 1.82) is 0 Å². The van der Waals surface area contributed by atoms with Gasteiger partial charge in [0.15, 0.2) is 0 Å². The summed E-state index contributed by atoms with van der Waals surface area (Å²) in [5.41, 5.74) is 4.36. The lowest BCUT2D eigenvalue weighted by molar-refractivity contribution is -0.385. The molecule has 2 aromatic rings. The first kappa shape index (κ1) is 16.4. The first-order valence-corrected chi connectivity index (χ1v) is 6.70. The van der Waals surface area contributed by atoms with Crippen LogP contribution in [0, 0.1) is 10.1 Å². The van der Waals surface area contributed by atoms with E-state index in [-0.39, 0.29) is 29.4 Å². The van der Waals surface area contributed by atoms with Gasteiger partial charge in [-0.05, 0) is 0 Å². The zero-order valence-corrected chi connectivity index (χ0v) is 12.6. The third-order valence-electron chi connectivity index (χ3n) is 2.82. The summed E-state index contributed by atoms with van der Waals surface area (Å²) in [6, 6.07) is 0. The molecule has 0 unspecified atom stereocenters. The van der Waals surface area contributed by atoms with Crippen LogP contribution in [0.25, 0.3) is 0 Å². The van der Waals surface area contributed by atoms with E-state index in [1.807, 2.05) is 0 Å². The summed E-state index contributed by atoms with van der Waals surface area (Å²) in [5, 5.41) is 18.2. The van der Waals surface area contributed by atoms with E-state index in [1.54, 1.807) is 0 Å². The van der Waals surface area contributed by atoms with Gasteiger partial charge in [0.2, 0.25) is 5.91 Å². The van der Waals surface area contributed by atoms with Crippen molar-refractivity contribution in [1.82, 2.24) is 30.4 Å². The van der Waals surface area contributed by atoms with Crippen LogP contribution in [0.4, 0.5) is 5.69 Å². The molecular formula is C11H12ClN7O4. The molecule has 0 spiro atoms.